The van der Waals surface area contributed by atoms with Crippen molar-refractivity contribution in [1.82, 2.24) is 25.2 Å². The Balaban J connectivity index is 1.35. The van der Waals surface area contributed by atoms with Crippen LogP contribution in [0.5, 0.6) is 11.6 Å². The second-order valence-corrected chi connectivity index (χ2v) is 15.4. The van der Waals surface area contributed by atoms with E-state index >= 15 is 0 Å². The SMILES string of the molecule is CC[C@@H]1O[C@H](C)CCC=C[C@@H]2C[C@@]2(C(=O)NS(=O)(=O)C2CC2)NC(=O)[C@@H]2C[C@@H](Oc3ncc(OC)c4ccccc34)CN2C(=O)[C@H]1NC(=O)O. The number of methoxy groups -OCH3 is 1. The van der Waals surface area contributed by atoms with Gasteiger partial charge in [0.2, 0.25) is 27.7 Å². The molecule has 0 radical (unpaired) electrons. The van der Waals surface area contributed by atoms with E-state index in [1.807, 2.05) is 37.3 Å². The number of ether oxygens (including phenoxy) is 3. The number of benzene rings is 1. The zero-order valence-corrected chi connectivity index (χ0v) is 29.0. The molecule has 4 amide bonds. The molecule has 2 aliphatic carbocycles. The molecule has 2 aromatic rings. The van der Waals surface area contributed by atoms with Gasteiger partial charge in [-0.2, -0.15) is 0 Å². The van der Waals surface area contributed by atoms with E-state index in [0.717, 1.165) is 5.39 Å². The van der Waals surface area contributed by atoms with E-state index in [9.17, 15) is 32.7 Å². The molecule has 7 atom stereocenters. The maximum absolute atomic E-state index is 14.4. The van der Waals surface area contributed by atoms with Crippen LogP contribution in [0.2, 0.25) is 0 Å². The summed E-state index contributed by atoms with van der Waals surface area (Å²) in [6.45, 7) is 3.50. The number of fused-ring (bicyclic) bond motifs is 3. The highest BCUT2D eigenvalue weighted by Crippen LogP contribution is 2.46. The molecule has 0 spiro atoms. The highest BCUT2D eigenvalue weighted by molar-refractivity contribution is 7.91. The molecule has 0 bridgehead atoms. The average Bonchev–Trinajstić information content (AvgIpc) is 4.01. The van der Waals surface area contributed by atoms with Gasteiger partial charge in [0.1, 0.15) is 29.5 Å². The van der Waals surface area contributed by atoms with Crippen LogP contribution < -0.4 is 24.8 Å². The van der Waals surface area contributed by atoms with E-state index in [1.165, 1.54) is 18.2 Å². The largest absolute Gasteiger partial charge is 0.494 e. The van der Waals surface area contributed by atoms with Gasteiger partial charge in [0.05, 0.1) is 37.3 Å². The van der Waals surface area contributed by atoms with Crippen LogP contribution >= 0.6 is 0 Å². The first-order chi connectivity index (χ1) is 23.9. The second kappa shape index (κ2) is 14.1. The molecule has 15 nitrogen and oxygen atoms in total. The summed E-state index contributed by atoms with van der Waals surface area (Å²) in [5.41, 5.74) is -1.55. The quantitative estimate of drug-likeness (QED) is 0.292. The van der Waals surface area contributed by atoms with Crippen molar-refractivity contribution in [3.63, 3.8) is 0 Å². The number of nitrogens with zero attached hydrogens (tertiary/aromatic N) is 2. The van der Waals surface area contributed by atoms with Gasteiger partial charge in [-0.1, -0.05) is 37.3 Å². The third-order valence-corrected chi connectivity index (χ3v) is 11.7. The number of carbonyl (C=O) groups is 4. The average molecular weight is 714 g/mol. The van der Waals surface area contributed by atoms with Gasteiger partial charge in [-0.3, -0.25) is 19.1 Å². The molecule has 2 aliphatic heterocycles. The normalized spacial score (nSPS) is 30.3. The summed E-state index contributed by atoms with van der Waals surface area (Å²) in [4.78, 5) is 59.9. The lowest BCUT2D eigenvalue weighted by atomic mass is 10.0. The zero-order chi connectivity index (χ0) is 35.8. The fourth-order valence-electron chi connectivity index (χ4n) is 6.89. The third kappa shape index (κ3) is 7.22. The monoisotopic (exact) mass is 713 g/mol. The molecule has 4 N–H and O–H groups in total. The third-order valence-electron chi connectivity index (χ3n) is 9.87. The molecule has 270 valence electrons. The lowest BCUT2D eigenvalue weighted by Gasteiger charge is -2.33. The van der Waals surface area contributed by atoms with Crippen LogP contribution in [0.3, 0.4) is 0 Å². The van der Waals surface area contributed by atoms with Crippen LogP contribution in [0.25, 0.3) is 10.8 Å². The Morgan fingerprint density at radius 1 is 1.18 bits per heavy atom. The maximum atomic E-state index is 14.4. The van der Waals surface area contributed by atoms with Crippen LogP contribution in [-0.2, 0) is 29.1 Å². The van der Waals surface area contributed by atoms with Gasteiger partial charge in [-0.05, 0) is 51.5 Å². The first-order valence-corrected chi connectivity index (χ1v) is 18.5. The fraction of sp³-hybridized carbons (Fsp3) is 0.559. The number of sulfonamides is 1. The van der Waals surface area contributed by atoms with Crippen molar-refractivity contribution in [2.75, 3.05) is 13.7 Å². The molecule has 2 saturated carbocycles. The highest BCUT2D eigenvalue weighted by atomic mass is 32.2. The lowest BCUT2D eigenvalue weighted by Crippen LogP contribution is -2.60. The first-order valence-electron chi connectivity index (χ1n) is 16.9. The zero-order valence-electron chi connectivity index (χ0n) is 28.2. The molecule has 3 heterocycles. The van der Waals surface area contributed by atoms with E-state index < -0.39 is 74.8 Å². The summed E-state index contributed by atoms with van der Waals surface area (Å²) < 4.78 is 45.7. The van der Waals surface area contributed by atoms with Gasteiger partial charge in [-0.15, -0.1) is 0 Å². The first kappa shape index (κ1) is 35.4. The van der Waals surface area contributed by atoms with Crippen molar-refractivity contribution in [3.8, 4) is 11.6 Å². The number of carbonyl (C=O) groups excluding carboxylic acids is 3. The summed E-state index contributed by atoms with van der Waals surface area (Å²) in [6, 6.07) is 4.75. The predicted octanol–water partition coefficient (Wildman–Crippen LogP) is 2.24. The summed E-state index contributed by atoms with van der Waals surface area (Å²) in [5, 5.41) is 15.6. The Kier molecular flexibility index (Phi) is 9.95. The smallest absolute Gasteiger partial charge is 0.405 e. The van der Waals surface area contributed by atoms with E-state index in [1.54, 1.807) is 13.0 Å². The Hall–Kier alpha value is -4.44. The van der Waals surface area contributed by atoms with Gasteiger partial charge in [-0.25, -0.2) is 18.2 Å². The van der Waals surface area contributed by atoms with Crippen molar-refractivity contribution >= 4 is 44.6 Å². The summed E-state index contributed by atoms with van der Waals surface area (Å²) >= 11 is 0. The van der Waals surface area contributed by atoms with Crippen molar-refractivity contribution in [3.05, 3.63) is 42.6 Å². The number of aromatic nitrogens is 1. The number of amides is 4. The molecule has 1 aromatic heterocycles. The van der Waals surface area contributed by atoms with Crippen molar-refractivity contribution in [1.29, 1.82) is 0 Å². The predicted molar refractivity (Wildman–Crippen MR) is 180 cm³/mol. The summed E-state index contributed by atoms with van der Waals surface area (Å²) in [6.07, 6.45) is 4.16. The number of carboxylic acid groups (broad SMARTS) is 1. The van der Waals surface area contributed by atoms with E-state index in [4.69, 9.17) is 14.2 Å². The fourth-order valence-corrected chi connectivity index (χ4v) is 8.25. The topological polar surface area (TPSA) is 203 Å². The summed E-state index contributed by atoms with van der Waals surface area (Å²) in [7, 11) is -2.39. The van der Waals surface area contributed by atoms with Crippen LogP contribution in [0.4, 0.5) is 4.79 Å². The van der Waals surface area contributed by atoms with Gasteiger partial charge < -0.3 is 34.9 Å². The van der Waals surface area contributed by atoms with Crippen LogP contribution in [0, 0.1) is 5.92 Å². The Morgan fingerprint density at radius 2 is 1.92 bits per heavy atom. The lowest BCUT2D eigenvalue weighted by molar-refractivity contribution is -0.145. The van der Waals surface area contributed by atoms with Gasteiger partial charge in [0.15, 0.2) is 0 Å². The number of rotatable bonds is 8. The molecule has 3 fully saturated rings. The molecule has 50 heavy (non-hydrogen) atoms. The minimum absolute atomic E-state index is 0.0218. The Bertz CT molecular complexity index is 1800. The Morgan fingerprint density at radius 3 is 2.60 bits per heavy atom. The molecule has 1 saturated heterocycles. The van der Waals surface area contributed by atoms with Gasteiger partial charge >= 0.3 is 6.09 Å². The molecular weight excluding hydrogens is 670 g/mol. The van der Waals surface area contributed by atoms with Crippen LogP contribution in [-0.4, -0.2) is 102 Å². The standard InChI is InChI=1S/C34H43N5O10S/c1-4-26-28(36-33(43)44)31(41)39-18-21(49-30-24-12-8-7-11-23(24)27(47-3)17-35-30)15-25(39)29(40)37-34(32(42)38-50(45,46)22-13-14-22)16-20(34)10-6-5-9-19(2)48-26/h6-8,10-12,17,19-22,25-26,28,36H,4-5,9,13-16,18H2,1-3H3,(H,37,40)(H,38,42)(H,43,44)/t19-,20-,21-,25+,26+,28+,34-/m1/s1. The maximum Gasteiger partial charge on any atom is 0.405 e. The number of allylic oxidation sites excluding steroid dienone is 1. The van der Waals surface area contributed by atoms with Gasteiger partial charge in [0.25, 0.3) is 5.91 Å². The number of hydrogen-bond acceptors (Lipinski definition) is 10. The van der Waals surface area contributed by atoms with Crippen LogP contribution in [0.1, 0.15) is 58.8 Å². The molecular formula is C34H43N5O10S. The van der Waals surface area contributed by atoms with E-state index in [0.29, 0.717) is 43.2 Å². The van der Waals surface area contributed by atoms with Crippen molar-refractivity contribution < 1.29 is 46.9 Å². The van der Waals surface area contributed by atoms with Crippen molar-refractivity contribution in [2.24, 2.45) is 5.92 Å². The second-order valence-electron chi connectivity index (χ2n) is 13.4. The number of hydrogen-bond donors (Lipinski definition) is 4. The summed E-state index contributed by atoms with van der Waals surface area (Å²) in [5.74, 6) is -1.93. The Labute approximate surface area is 290 Å². The molecule has 6 rings (SSSR count). The van der Waals surface area contributed by atoms with E-state index in [2.05, 4.69) is 20.3 Å². The van der Waals surface area contributed by atoms with Gasteiger partial charge in [0, 0.05) is 23.1 Å². The molecule has 4 aliphatic rings. The van der Waals surface area contributed by atoms with Crippen molar-refractivity contribution in [2.45, 2.75) is 100.0 Å². The van der Waals surface area contributed by atoms with Crippen LogP contribution in [0.15, 0.2) is 42.6 Å². The van der Waals surface area contributed by atoms with E-state index in [-0.39, 0.29) is 31.4 Å². The minimum Gasteiger partial charge on any atom is -0.494 e. The molecule has 0 unspecified atom stereocenters. The number of pyridine rings is 1. The minimum atomic E-state index is -3.91. The molecule has 1 aromatic carbocycles. The highest BCUT2D eigenvalue weighted by Gasteiger charge is 2.62. The molecule has 16 heteroatoms. The number of nitrogens with one attached hydrogen (secondary N) is 3.